The van der Waals surface area contributed by atoms with Crippen molar-refractivity contribution < 1.29 is 19.1 Å². The number of halogens is 1. The lowest BCUT2D eigenvalue weighted by Crippen LogP contribution is -2.38. The van der Waals surface area contributed by atoms with Gasteiger partial charge < -0.3 is 10.0 Å². The highest BCUT2D eigenvalue weighted by atomic mass is 19.1. The van der Waals surface area contributed by atoms with Gasteiger partial charge in [-0.15, -0.1) is 0 Å². The maximum Gasteiger partial charge on any atom is 0.343 e. The summed E-state index contributed by atoms with van der Waals surface area (Å²) >= 11 is 0. The number of carbonyl (C=O) groups excluding carboxylic acids is 1. The summed E-state index contributed by atoms with van der Waals surface area (Å²) in [4.78, 5) is 24.5. The number of hydrogen-bond donors (Lipinski definition) is 1. The van der Waals surface area contributed by atoms with Gasteiger partial charge in [0.25, 0.3) is 5.91 Å². The van der Waals surface area contributed by atoms with Gasteiger partial charge in [0.15, 0.2) is 0 Å². The van der Waals surface area contributed by atoms with Crippen LogP contribution in [0.3, 0.4) is 0 Å². The van der Waals surface area contributed by atoms with Crippen LogP contribution in [0, 0.1) is 6.92 Å². The molecule has 3 rings (SSSR count). The Hall–Kier alpha value is -2.70. The van der Waals surface area contributed by atoms with Crippen molar-refractivity contribution in [1.29, 1.82) is 0 Å². The molecule has 1 fully saturated rings. The van der Waals surface area contributed by atoms with E-state index in [-0.39, 0.29) is 13.0 Å². The molecule has 0 spiro atoms. The van der Waals surface area contributed by atoms with Crippen molar-refractivity contribution in [3.63, 3.8) is 0 Å². The predicted molar refractivity (Wildman–Crippen MR) is 80.3 cm³/mol. The summed E-state index contributed by atoms with van der Waals surface area (Å²) in [5, 5.41) is 13.1. The highest BCUT2D eigenvalue weighted by molar-refractivity contribution is 5.95. The number of likely N-dealkylation sites (tertiary alicyclic amines) is 1. The number of amides is 1. The van der Waals surface area contributed by atoms with E-state index in [1.54, 1.807) is 10.9 Å². The third kappa shape index (κ3) is 2.69. The molecular formula is C16H16FN3O3. The normalized spacial score (nSPS) is 20.7. The van der Waals surface area contributed by atoms with E-state index >= 15 is 0 Å². The second-order valence-electron chi connectivity index (χ2n) is 5.71. The molecule has 1 N–H and O–H groups in total. The van der Waals surface area contributed by atoms with Gasteiger partial charge in [0.2, 0.25) is 5.67 Å². The minimum Gasteiger partial charge on any atom is -0.479 e. The first-order valence-corrected chi connectivity index (χ1v) is 7.23. The Kier molecular flexibility index (Phi) is 3.63. The number of aliphatic carboxylic acids is 1. The largest absolute Gasteiger partial charge is 0.479 e. The van der Waals surface area contributed by atoms with E-state index in [2.05, 4.69) is 5.10 Å². The van der Waals surface area contributed by atoms with Crippen LogP contribution in [-0.2, 0) is 4.79 Å². The van der Waals surface area contributed by atoms with E-state index < -0.39 is 24.1 Å². The molecule has 0 bridgehead atoms. The first-order chi connectivity index (χ1) is 10.9. The Morgan fingerprint density at radius 3 is 2.74 bits per heavy atom. The summed E-state index contributed by atoms with van der Waals surface area (Å²) in [5.74, 6) is -1.94. The van der Waals surface area contributed by atoms with Crippen LogP contribution in [-0.4, -0.2) is 50.4 Å². The number of alkyl halides is 1. The molecule has 23 heavy (non-hydrogen) atoms. The van der Waals surface area contributed by atoms with E-state index in [1.807, 2.05) is 31.2 Å². The summed E-state index contributed by atoms with van der Waals surface area (Å²) in [6.07, 6.45) is 2.79. The lowest BCUT2D eigenvalue weighted by molar-refractivity contribution is -0.149. The molecule has 1 unspecified atom stereocenters. The number of hydrogen-bond acceptors (Lipinski definition) is 3. The number of nitrogens with zero attached hydrogens (tertiary/aromatic N) is 3. The number of para-hydroxylation sites is 1. The van der Waals surface area contributed by atoms with Crippen LogP contribution < -0.4 is 0 Å². The van der Waals surface area contributed by atoms with E-state index in [0.29, 0.717) is 5.56 Å². The highest BCUT2D eigenvalue weighted by Gasteiger charge is 2.47. The van der Waals surface area contributed by atoms with Gasteiger partial charge in [-0.2, -0.15) is 5.10 Å². The topological polar surface area (TPSA) is 75.4 Å². The minimum absolute atomic E-state index is 0.0805. The molecule has 0 saturated carbocycles. The zero-order valence-corrected chi connectivity index (χ0v) is 12.6. The monoisotopic (exact) mass is 317 g/mol. The van der Waals surface area contributed by atoms with Gasteiger partial charge in [-0.25, -0.2) is 13.9 Å². The molecule has 7 heteroatoms. The zero-order chi connectivity index (χ0) is 16.6. The molecule has 1 saturated heterocycles. The number of aromatic nitrogens is 2. The number of benzene rings is 1. The zero-order valence-electron chi connectivity index (χ0n) is 12.6. The predicted octanol–water partition coefficient (Wildman–Crippen LogP) is 1.82. The van der Waals surface area contributed by atoms with Crippen LogP contribution in [0.25, 0.3) is 5.69 Å². The average molecular weight is 317 g/mol. The summed E-state index contributed by atoms with van der Waals surface area (Å²) in [5.41, 5.74) is -0.201. The van der Waals surface area contributed by atoms with Gasteiger partial charge in [-0.3, -0.25) is 4.79 Å². The van der Waals surface area contributed by atoms with Crippen LogP contribution in [0.4, 0.5) is 4.39 Å². The number of aryl methyl sites for hydroxylation is 1. The Morgan fingerprint density at radius 1 is 1.35 bits per heavy atom. The number of carboxylic acid groups (broad SMARTS) is 1. The molecular weight excluding hydrogens is 301 g/mol. The van der Waals surface area contributed by atoms with Crippen LogP contribution in [0.1, 0.15) is 22.3 Å². The van der Waals surface area contributed by atoms with Gasteiger partial charge in [-0.05, 0) is 18.6 Å². The summed E-state index contributed by atoms with van der Waals surface area (Å²) in [6, 6.07) is 7.59. The van der Waals surface area contributed by atoms with Gasteiger partial charge >= 0.3 is 5.97 Å². The van der Waals surface area contributed by atoms with E-state index in [9.17, 15) is 14.0 Å². The molecule has 1 aromatic heterocycles. The van der Waals surface area contributed by atoms with Gasteiger partial charge in [-0.1, -0.05) is 18.2 Å². The summed E-state index contributed by atoms with van der Waals surface area (Å²) in [7, 11) is 0. The van der Waals surface area contributed by atoms with Gasteiger partial charge in [0.1, 0.15) is 0 Å². The fourth-order valence-corrected chi connectivity index (χ4v) is 2.69. The molecule has 2 aromatic rings. The third-order valence-electron chi connectivity index (χ3n) is 4.08. The van der Waals surface area contributed by atoms with E-state index in [1.165, 1.54) is 11.1 Å². The second-order valence-corrected chi connectivity index (χ2v) is 5.71. The minimum atomic E-state index is -2.36. The fraction of sp³-hybridized carbons (Fsp3) is 0.312. The lowest BCUT2D eigenvalue weighted by Gasteiger charge is -2.16. The van der Waals surface area contributed by atoms with Crippen molar-refractivity contribution in [3.8, 4) is 5.69 Å². The Balaban J connectivity index is 1.80. The molecule has 1 aliphatic rings. The molecule has 1 aromatic carbocycles. The molecule has 1 amide bonds. The van der Waals surface area contributed by atoms with Crippen molar-refractivity contribution in [1.82, 2.24) is 14.7 Å². The van der Waals surface area contributed by atoms with Crippen molar-refractivity contribution >= 4 is 11.9 Å². The summed E-state index contributed by atoms with van der Waals surface area (Å²) in [6.45, 7) is 1.58. The van der Waals surface area contributed by atoms with Gasteiger partial charge in [0, 0.05) is 19.2 Å². The third-order valence-corrected chi connectivity index (χ3v) is 4.08. The Bertz CT molecular complexity index is 773. The van der Waals surface area contributed by atoms with E-state index in [4.69, 9.17) is 5.11 Å². The Morgan fingerprint density at radius 2 is 2.09 bits per heavy atom. The maximum absolute atomic E-state index is 14.1. The fourth-order valence-electron chi connectivity index (χ4n) is 2.69. The van der Waals surface area contributed by atoms with Crippen LogP contribution >= 0.6 is 0 Å². The van der Waals surface area contributed by atoms with Crippen LogP contribution in [0.2, 0.25) is 0 Å². The molecule has 120 valence electrons. The summed E-state index contributed by atoms with van der Waals surface area (Å²) < 4.78 is 15.7. The quantitative estimate of drug-likeness (QED) is 0.937. The Labute approximate surface area is 132 Å². The van der Waals surface area contributed by atoms with Crippen molar-refractivity contribution in [2.45, 2.75) is 19.0 Å². The molecule has 1 atom stereocenters. The number of carboxylic acids is 1. The van der Waals surface area contributed by atoms with Crippen LogP contribution in [0.5, 0.6) is 0 Å². The second kappa shape index (κ2) is 5.49. The lowest BCUT2D eigenvalue weighted by atomic mass is 10.1. The molecule has 2 heterocycles. The SMILES string of the molecule is Cc1ccccc1-n1cc(C(=O)N2CCC(F)(C(=O)O)C2)cn1. The maximum atomic E-state index is 14.1. The number of rotatable bonds is 3. The first kappa shape index (κ1) is 15.2. The average Bonchev–Trinajstić information content (AvgIpc) is 3.15. The molecule has 1 aliphatic heterocycles. The molecule has 0 radical (unpaired) electrons. The van der Waals surface area contributed by atoms with Crippen molar-refractivity contribution in [2.24, 2.45) is 0 Å². The molecule has 6 nitrogen and oxygen atoms in total. The standard InChI is InChI=1S/C16H16FN3O3/c1-11-4-2-3-5-13(11)20-9-12(8-18-20)14(21)19-7-6-16(17,10-19)15(22)23/h2-5,8-9H,6-7,10H2,1H3,(H,22,23). The smallest absolute Gasteiger partial charge is 0.343 e. The van der Waals surface area contributed by atoms with Crippen molar-refractivity contribution in [2.75, 3.05) is 13.1 Å². The highest BCUT2D eigenvalue weighted by Crippen LogP contribution is 2.27. The van der Waals surface area contributed by atoms with Gasteiger partial charge in [0.05, 0.1) is 24.0 Å². The number of carbonyl (C=O) groups is 2. The van der Waals surface area contributed by atoms with E-state index in [0.717, 1.165) is 11.3 Å². The first-order valence-electron chi connectivity index (χ1n) is 7.23. The van der Waals surface area contributed by atoms with Crippen molar-refractivity contribution in [3.05, 3.63) is 47.8 Å². The molecule has 0 aliphatic carbocycles. The van der Waals surface area contributed by atoms with Crippen LogP contribution in [0.15, 0.2) is 36.7 Å².